The number of rotatable bonds is 7. The SMILES string of the molecule is COCC(CN(C)[N+](=O)[O-])O[N+](=O)[O-]. The molecule has 0 fully saturated rings. The van der Waals surface area contributed by atoms with Crippen LogP contribution in [-0.4, -0.2) is 48.5 Å². The van der Waals surface area contributed by atoms with E-state index in [0.717, 1.165) is 0 Å². The standard InChI is InChI=1S/C5H11N3O6/c1-6(7(9)10)3-5(4-13-2)14-8(11)12/h5H,3-4H2,1-2H3. The lowest BCUT2D eigenvalue weighted by Crippen LogP contribution is -2.38. The topological polar surface area (TPSA) is 108 Å². The van der Waals surface area contributed by atoms with Gasteiger partial charge in [0.25, 0.3) is 5.09 Å². The third-order valence-corrected chi connectivity index (χ3v) is 1.33. The van der Waals surface area contributed by atoms with Crippen molar-refractivity contribution in [2.24, 2.45) is 0 Å². The summed E-state index contributed by atoms with van der Waals surface area (Å²) in [5.41, 5.74) is 0. The Balaban J connectivity index is 4.07. The molecule has 0 rings (SSSR count). The van der Waals surface area contributed by atoms with Crippen LogP contribution in [0.25, 0.3) is 0 Å². The van der Waals surface area contributed by atoms with Crippen molar-refractivity contribution in [2.75, 3.05) is 27.3 Å². The Morgan fingerprint density at radius 1 is 1.43 bits per heavy atom. The van der Waals surface area contributed by atoms with Crippen molar-refractivity contribution in [1.29, 1.82) is 0 Å². The number of hydrogen-bond acceptors (Lipinski definition) is 6. The summed E-state index contributed by atoms with van der Waals surface area (Å²) in [6, 6.07) is 0. The lowest BCUT2D eigenvalue weighted by Gasteiger charge is -2.16. The highest BCUT2D eigenvalue weighted by Crippen LogP contribution is 1.96. The van der Waals surface area contributed by atoms with Crippen molar-refractivity contribution in [2.45, 2.75) is 6.10 Å². The van der Waals surface area contributed by atoms with Crippen molar-refractivity contribution in [1.82, 2.24) is 5.01 Å². The van der Waals surface area contributed by atoms with Gasteiger partial charge < -0.3 is 9.57 Å². The summed E-state index contributed by atoms with van der Waals surface area (Å²) in [5, 5.41) is 19.2. The van der Waals surface area contributed by atoms with Crippen molar-refractivity contribution in [3.05, 3.63) is 20.2 Å². The first kappa shape index (κ1) is 12.4. The predicted molar refractivity (Wildman–Crippen MR) is 43.4 cm³/mol. The number of likely N-dealkylation sites (N-methyl/N-ethyl adjacent to an activating group) is 1. The van der Waals surface area contributed by atoms with Gasteiger partial charge in [0.05, 0.1) is 13.7 Å². The summed E-state index contributed by atoms with van der Waals surface area (Å²) >= 11 is 0. The van der Waals surface area contributed by atoms with Gasteiger partial charge in [-0.2, -0.15) is 0 Å². The zero-order valence-electron chi connectivity index (χ0n) is 7.78. The third-order valence-electron chi connectivity index (χ3n) is 1.33. The molecule has 0 spiro atoms. The maximum Gasteiger partial charge on any atom is 0.294 e. The van der Waals surface area contributed by atoms with Crippen LogP contribution in [0.1, 0.15) is 0 Å². The minimum atomic E-state index is -1.00. The second-order valence-electron chi connectivity index (χ2n) is 2.48. The van der Waals surface area contributed by atoms with Gasteiger partial charge >= 0.3 is 0 Å². The van der Waals surface area contributed by atoms with E-state index < -0.39 is 16.2 Å². The number of ether oxygens (including phenoxy) is 1. The molecule has 0 aromatic rings. The molecule has 82 valence electrons. The molecule has 0 aliphatic carbocycles. The molecular formula is C5H11N3O6. The van der Waals surface area contributed by atoms with Crippen molar-refractivity contribution >= 4 is 0 Å². The van der Waals surface area contributed by atoms with E-state index in [2.05, 4.69) is 9.57 Å². The minimum absolute atomic E-state index is 0.0842. The van der Waals surface area contributed by atoms with Gasteiger partial charge in [-0.3, -0.25) is 0 Å². The van der Waals surface area contributed by atoms with Crippen LogP contribution in [0, 0.1) is 20.2 Å². The fourth-order valence-corrected chi connectivity index (χ4v) is 0.785. The molecule has 0 aliphatic heterocycles. The molecule has 14 heavy (non-hydrogen) atoms. The number of nitrogens with zero attached hydrogens (tertiary/aromatic N) is 3. The molecule has 0 aliphatic rings. The summed E-state index contributed by atoms with van der Waals surface area (Å²) in [6.45, 7) is -0.305. The fourth-order valence-electron chi connectivity index (χ4n) is 0.785. The van der Waals surface area contributed by atoms with Crippen LogP contribution < -0.4 is 0 Å². The first-order chi connectivity index (χ1) is 6.47. The first-order valence-electron chi connectivity index (χ1n) is 3.63. The van der Waals surface area contributed by atoms with Crippen LogP contribution in [0.4, 0.5) is 0 Å². The number of nitro groups is 1. The van der Waals surface area contributed by atoms with Crippen molar-refractivity contribution in [3.8, 4) is 0 Å². The highest BCUT2D eigenvalue weighted by Gasteiger charge is 2.20. The number of hydrazine groups is 1. The summed E-state index contributed by atoms with van der Waals surface area (Å²) in [4.78, 5) is 24.3. The van der Waals surface area contributed by atoms with E-state index in [1.54, 1.807) is 0 Å². The molecule has 0 bridgehead atoms. The highest BCUT2D eigenvalue weighted by atomic mass is 17.0. The molecule has 9 heteroatoms. The van der Waals surface area contributed by atoms with E-state index in [1.807, 2.05) is 0 Å². The smallest absolute Gasteiger partial charge is 0.294 e. The van der Waals surface area contributed by atoms with E-state index in [4.69, 9.17) is 0 Å². The molecule has 0 aromatic heterocycles. The molecular weight excluding hydrogens is 198 g/mol. The first-order valence-corrected chi connectivity index (χ1v) is 3.63. The van der Waals surface area contributed by atoms with Gasteiger partial charge in [0.15, 0.2) is 11.1 Å². The van der Waals surface area contributed by atoms with Gasteiger partial charge in [-0.05, 0) is 0 Å². The minimum Gasteiger partial charge on any atom is -0.382 e. The molecule has 1 unspecified atom stereocenters. The number of hydrogen-bond donors (Lipinski definition) is 0. The van der Waals surface area contributed by atoms with E-state index in [9.17, 15) is 20.2 Å². The van der Waals surface area contributed by atoms with Gasteiger partial charge in [0.1, 0.15) is 6.54 Å². The second-order valence-corrected chi connectivity index (χ2v) is 2.48. The molecule has 0 radical (unpaired) electrons. The molecule has 0 saturated heterocycles. The Labute approximate surface area is 79.4 Å². The molecule has 0 N–H and O–H groups in total. The molecule has 0 saturated carbocycles. The summed E-state index contributed by atoms with van der Waals surface area (Å²) in [6.07, 6.45) is -0.967. The van der Waals surface area contributed by atoms with Crippen LogP contribution >= 0.6 is 0 Å². The molecule has 9 nitrogen and oxygen atoms in total. The second kappa shape index (κ2) is 5.91. The molecule has 0 amide bonds. The van der Waals surface area contributed by atoms with Gasteiger partial charge in [0.2, 0.25) is 0 Å². The zero-order chi connectivity index (χ0) is 11.1. The molecule has 1 atom stereocenters. The summed E-state index contributed by atoms with van der Waals surface area (Å²) in [5.74, 6) is 0. The van der Waals surface area contributed by atoms with Gasteiger partial charge in [-0.25, -0.2) is 10.1 Å². The van der Waals surface area contributed by atoms with Crippen LogP contribution in [-0.2, 0) is 9.57 Å². The average molecular weight is 209 g/mol. The lowest BCUT2D eigenvalue weighted by molar-refractivity contribution is -0.772. The van der Waals surface area contributed by atoms with Crippen molar-refractivity contribution in [3.63, 3.8) is 0 Å². The summed E-state index contributed by atoms with van der Waals surface area (Å²) in [7, 11) is 2.51. The molecule has 0 heterocycles. The lowest BCUT2D eigenvalue weighted by atomic mass is 10.4. The van der Waals surface area contributed by atoms with Crippen molar-refractivity contribution < 1.29 is 19.7 Å². The van der Waals surface area contributed by atoms with Gasteiger partial charge in [-0.15, -0.1) is 15.1 Å². The van der Waals surface area contributed by atoms with Gasteiger partial charge in [-0.1, -0.05) is 0 Å². The van der Waals surface area contributed by atoms with E-state index in [1.165, 1.54) is 14.2 Å². The monoisotopic (exact) mass is 209 g/mol. The summed E-state index contributed by atoms with van der Waals surface area (Å²) < 4.78 is 4.61. The van der Waals surface area contributed by atoms with Crippen LogP contribution in [0.2, 0.25) is 0 Å². The maximum atomic E-state index is 10.2. The van der Waals surface area contributed by atoms with E-state index in [-0.39, 0.29) is 13.2 Å². The fraction of sp³-hybridized carbons (Fsp3) is 1.00. The Morgan fingerprint density at radius 3 is 2.36 bits per heavy atom. The average Bonchev–Trinajstić information content (AvgIpc) is 2.02. The van der Waals surface area contributed by atoms with Crippen LogP contribution in [0.15, 0.2) is 0 Å². The van der Waals surface area contributed by atoms with E-state index in [0.29, 0.717) is 5.01 Å². The Kier molecular flexibility index (Phi) is 5.22. The predicted octanol–water partition coefficient (Wildman–Crippen LogP) is -0.667. The highest BCUT2D eigenvalue weighted by molar-refractivity contribution is 4.55. The normalized spacial score (nSPS) is 11.9. The zero-order valence-corrected chi connectivity index (χ0v) is 7.78. The third kappa shape index (κ3) is 5.09. The largest absolute Gasteiger partial charge is 0.382 e. The van der Waals surface area contributed by atoms with E-state index >= 15 is 0 Å². The Morgan fingerprint density at radius 2 is 2.00 bits per heavy atom. The Bertz CT molecular complexity index is 210. The van der Waals surface area contributed by atoms with Gasteiger partial charge in [0, 0.05) is 7.11 Å². The Hall–Kier alpha value is -1.64. The molecule has 0 aromatic carbocycles. The van der Waals surface area contributed by atoms with Crippen LogP contribution in [0.3, 0.4) is 0 Å². The van der Waals surface area contributed by atoms with Crippen LogP contribution in [0.5, 0.6) is 0 Å². The number of methoxy groups -OCH3 is 1. The quantitative estimate of drug-likeness (QED) is 0.404. The maximum absolute atomic E-state index is 10.2.